The van der Waals surface area contributed by atoms with Crippen molar-refractivity contribution in [3.05, 3.63) is 45.3 Å². The largest absolute Gasteiger partial charge is 0.329 e. The van der Waals surface area contributed by atoms with Gasteiger partial charge in [0.25, 0.3) is 5.56 Å². The van der Waals surface area contributed by atoms with Crippen LogP contribution in [0.3, 0.4) is 0 Å². The van der Waals surface area contributed by atoms with Crippen LogP contribution in [0.1, 0.15) is 6.92 Å². The minimum atomic E-state index is -2.61. The molecule has 0 bridgehead atoms. The Morgan fingerprint density at radius 3 is 2.80 bits per heavy atom. The molecule has 0 saturated carbocycles. The van der Waals surface area contributed by atoms with Crippen molar-refractivity contribution in [1.82, 2.24) is 4.57 Å². The summed E-state index contributed by atoms with van der Waals surface area (Å²) in [4.78, 5) is 12.3. The molecule has 1 unspecified atom stereocenters. The summed E-state index contributed by atoms with van der Waals surface area (Å²) in [5.41, 5.74) is -0.0634. The summed E-state index contributed by atoms with van der Waals surface area (Å²) >= 11 is 3.39. The van der Waals surface area contributed by atoms with Crippen LogP contribution < -0.4 is 5.56 Å². The summed E-state index contributed by atoms with van der Waals surface area (Å²) in [5, 5.41) is 1.56. The lowest BCUT2D eigenvalue weighted by Crippen LogP contribution is -2.21. The molecule has 6 heteroatoms. The molecule has 1 atom stereocenters. The van der Waals surface area contributed by atoms with E-state index in [9.17, 15) is 9.36 Å². The van der Waals surface area contributed by atoms with Gasteiger partial charge in [0.15, 0.2) is 0 Å². The van der Waals surface area contributed by atoms with Crippen molar-refractivity contribution in [3.8, 4) is 0 Å². The predicted molar refractivity (Wildman–Crippen MR) is 85.9 cm³/mol. The predicted octanol–water partition coefficient (Wildman–Crippen LogP) is 3.71. The first-order valence-electron chi connectivity index (χ1n) is 6.43. The van der Waals surface area contributed by atoms with Gasteiger partial charge in [0, 0.05) is 35.4 Å². The van der Waals surface area contributed by atoms with Gasteiger partial charge in [0.1, 0.15) is 0 Å². The standard InChI is InChI=1S/C14H17BrNO3P/c1-3-19-20(2,18)9-8-16-7-6-11-10-12(15)4-5-13(11)14(16)17/h4-7,10H,3,8-9H2,1-2H3. The molecule has 1 aromatic carbocycles. The van der Waals surface area contributed by atoms with E-state index in [1.165, 1.54) is 0 Å². The van der Waals surface area contributed by atoms with Crippen molar-refractivity contribution >= 4 is 34.1 Å². The van der Waals surface area contributed by atoms with Gasteiger partial charge in [-0.15, -0.1) is 0 Å². The highest BCUT2D eigenvalue weighted by Crippen LogP contribution is 2.41. The fraction of sp³-hybridized carbons (Fsp3) is 0.357. The van der Waals surface area contributed by atoms with Gasteiger partial charge in [-0.2, -0.15) is 0 Å². The van der Waals surface area contributed by atoms with Gasteiger partial charge >= 0.3 is 0 Å². The minimum Gasteiger partial charge on any atom is -0.329 e. The number of nitrogens with zero attached hydrogens (tertiary/aromatic N) is 1. The van der Waals surface area contributed by atoms with E-state index in [-0.39, 0.29) is 5.56 Å². The summed E-state index contributed by atoms with van der Waals surface area (Å²) in [6.45, 7) is 4.25. The third-order valence-electron chi connectivity index (χ3n) is 3.09. The molecule has 2 aromatic rings. The second-order valence-corrected chi connectivity index (χ2v) is 8.35. The fourth-order valence-corrected chi connectivity index (χ4v) is 3.69. The first-order valence-corrected chi connectivity index (χ1v) is 9.48. The molecule has 0 aliphatic heterocycles. The van der Waals surface area contributed by atoms with E-state index in [0.29, 0.717) is 24.7 Å². The van der Waals surface area contributed by atoms with E-state index in [1.54, 1.807) is 23.5 Å². The van der Waals surface area contributed by atoms with Crippen molar-refractivity contribution in [2.75, 3.05) is 19.4 Å². The second-order valence-electron chi connectivity index (χ2n) is 4.70. The molecule has 0 spiro atoms. The van der Waals surface area contributed by atoms with Crippen LogP contribution in [0.2, 0.25) is 0 Å². The summed E-state index contributed by atoms with van der Waals surface area (Å²) < 4.78 is 19.8. The van der Waals surface area contributed by atoms with Crippen molar-refractivity contribution in [2.45, 2.75) is 13.5 Å². The van der Waals surface area contributed by atoms with Crippen molar-refractivity contribution in [2.24, 2.45) is 0 Å². The lowest BCUT2D eigenvalue weighted by atomic mass is 10.2. The lowest BCUT2D eigenvalue weighted by molar-refractivity contribution is 0.335. The maximum absolute atomic E-state index is 12.3. The zero-order valence-corrected chi connectivity index (χ0v) is 14.0. The number of benzene rings is 1. The van der Waals surface area contributed by atoms with E-state index >= 15 is 0 Å². The highest BCUT2D eigenvalue weighted by atomic mass is 79.9. The van der Waals surface area contributed by atoms with Crippen LogP contribution in [0.4, 0.5) is 0 Å². The second kappa shape index (κ2) is 6.25. The van der Waals surface area contributed by atoms with Gasteiger partial charge < -0.3 is 9.09 Å². The van der Waals surface area contributed by atoms with Crippen LogP contribution in [0.25, 0.3) is 10.8 Å². The quantitative estimate of drug-likeness (QED) is 0.766. The molecule has 0 saturated heterocycles. The maximum atomic E-state index is 12.3. The van der Waals surface area contributed by atoms with Crippen LogP contribution in [0.5, 0.6) is 0 Å². The Hall–Kier alpha value is -0.900. The summed E-state index contributed by atoms with van der Waals surface area (Å²) in [5.74, 6) is 0. The number of aromatic nitrogens is 1. The Bertz CT molecular complexity index is 726. The number of rotatable bonds is 5. The molecule has 0 amide bonds. The Balaban J connectivity index is 2.28. The molecule has 1 heterocycles. The number of fused-ring (bicyclic) bond motifs is 1. The number of hydrogen-bond donors (Lipinski definition) is 0. The molecule has 0 aliphatic rings. The monoisotopic (exact) mass is 357 g/mol. The summed E-state index contributed by atoms with van der Waals surface area (Å²) in [7, 11) is -2.61. The number of halogens is 1. The lowest BCUT2D eigenvalue weighted by Gasteiger charge is -2.13. The van der Waals surface area contributed by atoms with E-state index < -0.39 is 7.37 Å². The van der Waals surface area contributed by atoms with Gasteiger partial charge in [-0.05, 0) is 36.6 Å². The van der Waals surface area contributed by atoms with E-state index in [0.717, 1.165) is 9.86 Å². The molecule has 0 fully saturated rings. The third-order valence-corrected chi connectivity index (χ3v) is 5.40. The molecule has 0 N–H and O–H groups in total. The zero-order chi connectivity index (χ0) is 14.8. The molecular weight excluding hydrogens is 341 g/mol. The smallest absolute Gasteiger partial charge is 0.258 e. The van der Waals surface area contributed by atoms with Gasteiger partial charge in [-0.25, -0.2) is 0 Å². The topological polar surface area (TPSA) is 48.3 Å². The van der Waals surface area contributed by atoms with Crippen molar-refractivity contribution in [1.29, 1.82) is 0 Å². The molecule has 20 heavy (non-hydrogen) atoms. The Morgan fingerprint density at radius 1 is 1.35 bits per heavy atom. The van der Waals surface area contributed by atoms with Crippen LogP contribution in [-0.2, 0) is 15.6 Å². The van der Waals surface area contributed by atoms with Crippen molar-refractivity contribution in [3.63, 3.8) is 0 Å². The van der Waals surface area contributed by atoms with E-state index in [1.807, 2.05) is 25.1 Å². The molecule has 0 radical (unpaired) electrons. The van der Waals surface area contributed by atoms with E-state index in [2.05, 4.69) is 15.9 Å². The Labute approximate surface area is 126 Å². The molecule has 2 rings (SSSR count). The van der Waals surface area contributed by atoms with E-state index in [4.69, 9.17) is 4.52 Å². The fourth-order valence-electron chi connectivity index (χ4n) is 2.06. The molecular formula is C14H17BrNO3P. The van der Waals surface area contributed by atoms with Crippen LogP contribution >= 0.6 is 23.3 Å². The van der Waals surface area contributed by atoms with Crippen LogP contribution in [0, 0.1) is 0 Å². The highest BCUT2D eigenvalue weighted by Gasteiger charge is 2.15. The summed E-state index contributed by atoms with van der Waals surface area (Å²) in [6.07, 6.45) is 2.10. The Kier molecular flexibility index (Phi) is 4.84. The molecule has 1 aromatic heterocycles. The molecule has 4 nitrogen and oxygen atoms in total. The minimum absolute atomic E-state index is 0.0634. The third kappa shape index (κ3) is 3.60. The number of aryl methyl sites for hydroxylation is 1. The van der Waals surface area contributed by atoms with Gasteiger partial charge in [0.05, 0.1) is 6.61 Å². The van der Waals surface area contributed by atoms with Gasteiger partial charge in [-0.1, -0.05) is 15.9 Å². The van der Waals surface area contributed by atoms with Crippen LogP contribution in [-0.4, -0.2) is 24.0 Å². The summed E-state index contributed by atoms with van der Waals surface area (Å²) in [6, 6.07) is 7.44. The first kappa shape index (κ1) is 15.5. The molecule has 108 valence electrons. The first-order chi connectivity index (χ1) is 9.43. The zero-order valence-electron chi connectivity index (χ0n) is 11.5. The average molecular weight is 358 g/mol. The SMILES string of the molecule is CCOP(C)(=O)CCn1ccc2cc(Br)ccc2c1=O. The molecule has 0 aliphatic carbocycles. The van der Waals surface area contributed by atoms with Gasteiger partial charge in [0.2, 0.25) is 7.37 Å². The number of hydrogen-bond acceptors (Lipinski definition) is 3. The van der Waals surface area contributed by atoms with Gasteiger partial charge in [-0.3, -0.25) is 9.36 Å². The van der Waals surface area contributed by atoms with Crippen LogP contribution in [0.15, 0.2) is 39.7 Å². The Morgan fingerprint density at radius 2 is 2.10 bits per heavy atom. The average Bonchev–Trinajstić information content (AvgIpc) is 2.37. The number of pyridine rings is 1. The maximum Gasteiger partial charge on any atom is 0.258 e. The van der Waals surface area contributed by atoms with Crippen molar-refractivity contribution < 1.29 is 9.09 Å². The highest BCUT2D eigenvalue weighted by molar-refractivity contribution is 9.10. The normalized spacial score (nSPS) is 14.3.